The highest BCUT2D eigenvalue weighted by atomic mass is 79.9. The van der Waals surface area contributed by atoms with Gasteiger partial charge in [-0.2, -0.15) is 0 Å². The van der Waals surface area contributed by atoms with Gasteiger partial charge in [-0.15, -0.1) is 0 Å². The van der Waals surface area contributed by atoms with Crippen molar-refractivity contribution >= 4 is 15.9 Å². The summed E-state index contributed by atoms with van der Waals surface area (Å²) in [5, 5.41) is 10.9. The van der Waals surface area contributed by atoms with Crippen LogP contribution in [-0.4, -0.2) is 44.4 Å². The molecule has 0 radical (unpaired) electrons. The summed E-state index contributed by atoms with van der Waals surface area (Å²) in [6.07, 6.45) is 6.03. The molecule has 2 atom stereocenters. The molecule has 0 aromatic heterocycles. The van der Waals surface area contributed by atoms with E-state index in [9.17, 15) is 5.11 Å². The molecule has 0 fully saturated rings. The fraction of sp³-hybridized carbons (Fsp3) is 0.520. The van der Waals surface area contributed by atoms with E-state index in [0.29, 0.717) is 11.7 Å². The molecule has 2 aromatic carbocycles. The van der Waals surface area contributed by atoms with Crippen LogP contribution >= 0.6 is 15.9 Å². The number of hydrogen-bond donors (Lipinski definition) is 1. The fourth-order valence-electron chi connectivity index (χ4n) is 4.42. The SMILES string of the molecule is COc1cc2c(cc1OC)C(O)C(CCCN(C)CCCc1ccc(Br)cc1)CC2. The molecule has 0 spiro atoms. The van der Waals surface area contributed by atoms with E-state index in [-0.39, 0.29) is 0 Å². The van der Waals surface area contributed by atoms with Gasteiger partial charge in [0.15, 0.2) is 11.5 Å². The van der Waals surface area contributed by atoms with Crippen LogP contribution in [0.15, 0.2) is 40.9 Å². The lowest BCUT2D eigenvalue weighted by molar-refractivity contribution is 0.0850. The molecule has 5 heteroatoms. The molecule has 0 aliphatic heterocycles. The summed E-state index contributed by atoms with van der Waals surface area (Å²) in [6.45, 7) is 2.17. The number of aliphatic hydroxyl groups is 1. The van der Waals surface area contributed by atoms with Gasteiger partial charge in [0, 0.05) is 4.47 Å². The molecule has 1 aliphatic rings. The van der Waals surface area contributed by atoms with E-state index in [0.717, 1.165) is 61.0 Å². The van der Waals surface area contributed by atoms with Crippen molar-refractivity contribution in [3.05, 3.63) is 57.6 Å². The summed E-state index contributed by atoms with van der Waals surface area (Å²) < 4.78 is 12.0. The lowest BCUT2D eigenvalue weighted by atomic mass is 9.79. The molecule has 0 saturated heterocycles. The first-order chi connectivity index (χ1) is 14.5. The summed E-state index contributed by atoms with van der Waals surface area (Å²) in [7, 11) is 5.50. The van der Waals surface area contributed by atoms with Crippen molar-refractivity contribution < 1.29 is 14.6 Å². The topological polar surface area (TPSA) is 41.9 Å². The van der Waals surface area contributed by atoms with Gasteiger partial charge in [0.25, 0.3) is 0 Å². The molecular formula is C25H34BrNO3. The lowest BCUT2D eigenvalue weighted by Crippen LogP contribution is -2.24. The van der Waals surface area contributed by atoms with Gasteiger partial charge in [-0.25, -0.2) is 0 Å². The largest absolute Gasteiger partial charge is 0.493 e. The number of rotatable bonds is 10. The van der Waals surface area contributed by atoms with E-state index >= 15 is 0 Å². The summed E-state index contributed by atoms with van der Waals surface area (Å²) in [4.78, 5) is 2.41. The third kappa shape index (κ3) is 5.99. The standard InChI is InChI=1S/C25H34BrNO3/c1-27(14-4-6-18-8-12-21(26)13-9-18)15-5-7-19-10-11-20-16-23(29-2)24(30-3)17-22(20)25(19)28/h8-9,12-13,16-17,19,25,28H,4-7,10-11,14-15H2,1-3H3. The van der Waals surface area contributed by atoms with Crippen LogP contribution < -0.4 is 9.47 Å². The predicted molar refractivity (Wildman–Crippen MR) is 126 cm³/mol. The van der Waals surface area contributed by atoms with Crippen LogP contribution in [-0.2, 0) is 12.8 Å². The zero-order valence-corrected chi connectivity index (χ0v) is 20.0. The number of hydrogen-bond acceptors (Lipinski definition) is 4. The molecule has 0 bridgehead atoms. The lowest BCUT2D eigenvalue weighted by Gasteiger charge is -2.31. The first kappa shape index (κ1) is 23.1. The van der Waals surface area contributed by atoms with E-state index in [1.54, 1.807) is 14.2 Å². The zero-order chi connectivity index (χ0) is 21.5. The maximum absolute atomic E-state index is 10.9. The fourth-order valence-corrected chi connectivity index (χ4v) is 4.69. The smallest absolute Gasteiger partial charge is 0.161 e. The van der Waals surface area contributed by atoms with Gasteiger partial charge in [-0.3, -0.25) is 0 Å². The molecule has 4 nitrogen and oxygen atoms in total. The highest BCUT2D eigenvalue weighted by molar-refractivity contribution is 9.10. The minimum atomic E-state index is -0.420. The van der Waals surface area contributed by atoms with Crippen LogP contribution in [0.2, 0.25) is 0 Å². The molecule has 3 rings (SSSR count). The van der Waals surface area contributed by atoms with Crippen LogP contribution in [0.1, 0.15) is 48.5 Å². The number of fused-ring (bicyclic) bond motifs is 1. The van der Waals surface area contributed by atoms with Crippen molar-refractivity contribution in [1.29, 1.82) is 0 Å². The third-order valence-corrected chi connectivity index (χ3v) is 6.76. The minimum Gasteiger partial charge on any atom is -0.493 e. The molecule has 2 unspecified atom stereocenters. The molecule has 30 heavy (non-hydrogen) atoms. The van der Waals surface area contributed by atoms with E-state index in [4.69, 9.17) is 9.47 Å². The summed E-state index contributed by atoms with van der Waals surface area (Å²) in [5.41, 5.74) is 3.58. The average molecular weight is 476 g/mol. The Morgan fingerprint density at radius 1 is 1.03 bits per heavy atom. The first-order valence-electron chi connectivity index (χ1n) is 10.9. The van der Waals surface area contributed by atoms with Gasteiger partial charge in [0.1, 0.15) is 0 Å². The highest BCUT2D eigenvalue weighted by Crippen LogP contribution is 2.41. The number of ether oxygens (including phenoxy) is 2. The second-order valence-corrected chi connectivity index (χ2v) is 9.24. The number of nitrogens with zero attached hydrogens (tertiary/aromatic N) is 1. The van der Waals surface area contributed by atoms with Gasteiger partial charge >= 0.3 is 0 Å². The summed E-state index contributed by atoms with van der Waals surface area (Å²) in [6, 6.07) is 12.6. The average Bonchev–Trinajstić information content (AvgIpc) is 2.76. The Morgan fingerprint density at radius 2 is 1.70 bits per heavy atom. The van der Waals surface area contributed by atoms with Crippen LogP contribution in [0.5, 0.6) is 11.5 Å². The Balaban J connectivity index is 1.43. The van der Waals surface area contributed by atoms with Crippen LogP contribution in [0.25, 0.3) is 0 Å². The maximum Gasteiger partial charge on any atom is 0.161 e. The van der Waals surface area contributed by atoms with Crippen molar-refractivity contribution in [3.63, 3.8) is 0 Å². The van der Waals surface area contributed by atoms with Gasteiger partial charge < -0.3 is 19.5 Å². The van der Waals surface area contributed by atoms with Crippen molar-refractivity contribution in [3.8, 4) is 11.5 Å². The Labute approximate surface area is 189 Å². The minimum absolute atomic E-state index is 0.312. The Hall–Kier alpha value is -1.56. The number of aryl methyl sites for hydroxylation is 2. The Morgan fingerprint density at radius 3 is 2.40 bits per heavy atom. The van der Waals surface area contributed by atoms with Gasteiger partial charge in [-0.1, -0.05) is 28.1 Å². The number of aliphatic hydroxyl groups excluding tert-OH is 1. The van der Waals surface area contributed by atoms with E-state index in [1.165, 1.54) is 17.5 Å². The van der Waals surface area contributed by atoms with Crippen LogP contribution in [0, 0.1) is 5.92 Å². The monoisotopic (exact) mass is 475 g/mol. The van der Waals surface area contributed by atoms with Crippen LogP contribution in [0.3, 0.4) is 0 Å². The van der Waals surface area contributed by atoms with Gasteiger partial charge in [0.05, 0.1) is 20.3 Å². The second-order valence-electron chi connectivity index (χ2n) is 8.33. The molecule has 2 aromatic rings. The van der Waals surface area contributed by atoms with Crippen LogP contribution in [0.4, 0.5) is 0 Å². The molecule has 1 aliphatic carbocycles. The van der Waals surface area contributed by atoms with Gasteiger partial charge in [-0.05, 0) is 106 Å². The van der Waals surface area contributed by atoms with Crippen molar-refractivity contribution in [2.75, 3.05) is 34.4 Å². The first-order valence-corrected chi connectivity index (χ1v) is 11.7. The molecule has 0 amide bonds. The molecule has 164 valence electrons. The van der Waals surface area contributed by atoms with Crippen molar-refractivity contribution in [1.82, 2.24) is 4.90 Å². The quantitative estimate of drug-likeness (QED) is 0.498. The highest BCUT2D eigenvalue weighted by Gasteiger charge is 2.29. The molecule has 0 heterocycles. The van der Waals surface area contributed by atoms with Crippen molar-refractivity contribution in [2.24, 2.45) is 5.92 Å². The zero-order valence-electron chi connectivity index (χ0n) is 18.4. The Kier molecular flexibility index (Phi) is 8.61. The number of halogens is 1. The predicted octanol–water partition coefficient (Wildman–Crippen LogP) is 5.41. The summed E-state index contributed by atoms with van der Waals surface area (Å²) in [5.74, 6) is 1.75. The second kappa shape index (κ2) is 11.2. The van der Waals surface area contributed by atoms with Gasteiger partial charge in [0.2, 0.25) is 0 Å². The van der Waals surface area contributed by atoms with E-state index in [1.807, 2.05) is 12.1 Å². The van der Waals surface area contributed by atoms with E-state index < -0.39 is 6.10 Å². The summed E-state index contributed by atoms with van der Waals surface area (Å²) >= 11 is 3.49. The maximum atomic E-state index is 10.9. The molecular weight excluding hydrogens is 442 g/mol. The molecule has 0 saturated carbocycles. The number of methoxy groups -OCH3 is 2. The van der Waals surface area contributed by atoms with Crippen molar-refractivity contribution in [2.45, 2.75) is 44.6 Å². The Bertz CT molecular complexity index is 809. The number of benzene rings is 2. The van der Waals surface area contributed by atoms with E-state index in [2.05, 4.69) is 52.1 Å². The molecule has 1 N–H and O–H groups in total. The normalized spacial score (nSPS) is 18.3. The third-order valence-electron chi connectivity index (χ3n) is 6.23.